The van der Waals surface area contributed by atoms with Crippen LogP contribution in [0, 0.1) is 0 Å². The third-order valence-corrected chi connectivity index (χ3v) is 2.71. The topological polar surface area (TPSA) is 35.5 Å². The highest BCUT2D eigenvalue weighted by atomic mass is 16.5. The van der Waals surface area contributed by atoms with Crippen LogP contribution in [-0.2, 0) is 4.74 Å². The second kappa shape index (κ2) is 5.36. The Morgan fingerprint density at radius 1 is 1.00 bits per heavy atom. The van der Waals surface area contributed by atoms with Crippen molar-refractivity contribution < 1.29 is 14.3 Å². The molecule has 0 aromatic heterocycles. The van der Waals surface area contributed by atoms with Gasteiger partial charge >= 0.3 is 5.97 Å². The molecule has 0 aliphatic heterocycles. The monoisotopic (exact) mass is 242 g/mol. The highest BCUT2D eigenvalue weighted by Gasteiger charge is 2.11. The zero-order chi connectivity index (χ0) is 13.0. The first kappa shape index (κ1) is 12.2. The summed E-state index contributed by atoms with van der Waals surface area (Å²) in [6.07, 6.45) is 0. The van der Waals surface area contributed by atoms with E-state index in [1.54, 1.807) is 25.3 Å². The van der Waals surface area contributed by atoms with Gasteiger partial charge < -0.3 is 9.47 Å². The number of carbonyl (C=O) groups is 1. The van der Waals surface area contributed by atoms with Gasteiger partial charge in [0.2, 0.25) is 0 Å². The van der Waals surface area contributed by atoms with Crippen molar-refractivity contribution in [2.75, 3.05) is 14.2 Å². The van der Waals surface area contributed by atoms with E-state index in [2.05, 4.69) is 0 Å². The standard InChI is InChI=1S/C15H14O3/c1-17-14-9-8-12(15(16)18-2)10-13(14)11-6-4-3-5-7-11/h3-10H,1-2H3. The molecule has 0 bridgehead atoms. The molecule has 0 heterocycles. The number of benzene rings is 2. The van der Waals surface area contributed by atoms with E-state index in [1.165, 1.54) is 7.11 Å². The van der Waals surface area contributed by atoms with E-state index in [1.807, 2.05) is 30.3 Å². The molecule has 0 saturated carbocycles. The third kappa shape index (κ3) is 2.35. The number of methoxy groups -OCH3 is 2. The number of hydrogen-bond donors (Lipinski definition) is 0. The predicted molar refractivity (Wildman–Crippen MR) is 69.8 cm³/mol. The molecule has 0 aliphatic carbocycles. The molecule has 2 aromatic rings. The zero-order valence-corrected chi connectivity index (χ0v) is 10.3. The van der Waals surface area contributed by atoms with E-state index >= 15 is 0 Å². The maximum Gasteiger partial charge on any atom is 0.337 e. The highest BCUT2D eigenvalue weighted by molar-refractivity contribution is 5.91. The van der Waals surface area contributed by atoms with Crippen molar-refractivity contribution in [3.8, 4) is 16.9 Å². The van der Waals surface area contributed by atoms with Gasteiger partial charge in [0.05, 0.1) is 19.8 Å². The van der Waals surface area contributed by atoms with Crippen molar-refractivity contribution in [3.63, 3.8) is 0 Å². The summed E-state index contributed by atoms with van der Waals surface area (Å²) in [4.78, 5) is 11.5. The summed E-state index contributed by atoms with van der Waals surface area (Å²) in [6.45, 7) is 0. The predicted octanol–water partition coefficient (Wildman–Crippen LogP) is 3.15. The molecule has 18 heavy (non-hydrogen) atoms. The van der Waals surface area contributed by atoms with E-state index in [0.717, 1.165) is 16.9 Å². The molecule has 3 nitrogen and oxygen atoms in total. The first-order valence-electron chi connectivity index (χ1n) is 5.58. The Balaban J connectivity index is 2.53. The average Bonchev–Trinajstić information content (AvgIpc) is 2.46. The molecule has 2 aromatic carbocycles. The van der Waals surface area contributed by atoms with E-state index in [9.17, 15) is 4.79 Å². The molecule has 0 fully saturated rings. The second-order valence-corrected chi connectivity index (χ2v) is 3.77. The zero-order valence-electron chi connectivity index (χ0n) is 10.3. The molecule has 0 N–H and O–H groups in total. The van der Waals surface area contributed by atoms with E-state index in [4.69, 9.17) is 9.47 Å². The molecule has 0 aliphatic rings. The fraction of sp³-hybridized carbons (Fsp3) is 0.133. The molecule has 0 unspecified atom stereocenters. The Kier molecular flexibility index (Phi) is 3.63. The van der Waals surface area contributed by atoms with Gasteiger partial charge in [-0.3, -0.25) is 0 Å². The molecular weight excluding hydrogens is 228 g/mol. The SMILES string of the molecule is COC(=O)c1ccc(OC)c(-c2ccccc2)c1. The maximum atomic E-state index is 11.5. The Hall–Kier alpha value is -2.29. The van der Waals surface area contributed by atoms with E-state index in [0.29, 0.717) is 5.56 Å². The van der Waals surface area contributed by atoms with Gasteiger partial charge in [-0.05, 0) is 23.8 Å². The van der Waals surface area contributed by atoms with Crippen molar-refractivity contribution in [3.05, 3.63) is 54.1 Å². The number of hydrogen-bond acceptors (Lipinski definition) is 3. The Morgan fingerprint density at radius 2 is 1.72 bits per heavy atom. The summed E-state index contributed by atoms with van der Waals surface area (Å²) < 4.78 is 10.0. The van der Waals surface area contributed by atoms with Crippen molar-refractivity contribution >= 4 is 5.97 Å². The first-order valence-corrected chi connectivity index (χ1v) is 5.58. The summed E-state index contributed by atoms with van der Waals surface area (Å²) in [5, 5.41) is 0. The minimum Gasteiger partial charge on any atom is -0.496 e. The second-order valence-electron chi connectivity index (χ2n) is 3.77. The van der Waals surface area contributed by atoms with Gasteiger partial charge in [0, 0.05) is 5.56 Å². The number of esters is 1. The lowest BCUT2D eigenvalue weighted by molar-refractivity contribution is 0.0601. The number of rotatable bonds is 3. The van der Waals surface area contributed by atoms with Crippen LogP contribution in [0.4, 0.5) is 0 Å². The first-order chi connectivity index (χ1) is 8.76. The highest BCUT2D eigenvalue weighted by Crippen LogP contribution is 2.30. The minimum absolute atomic E-state index is 0.352. The quantitative estimate of drug-likeness (QED) is 0.775. The van der Waals surface area contributed by atoms with Crippen LogP contribution in [0.15, 0.2) is 48.5 Å². The molecule has 0 atom stereocenters. The van der Waals surface area contributed by atoms with Gasteiger partial charge in [-0.25, -0.2) is 4.79 Å². The lowest BCUT2D eigenvalue weighted by Gasteiger charge is -2.10. The van der Waals surface area contributed by atoms with Crippen LogP contribution in [0.3, 0.4) is 0 Å². The summed E-state index contributed by atoms with van der Waals surface area (Å²) in [5.41, 5.74) is 2.39. The van der Waals surface area contributed by atoms with Gasteiger partial charge in [-0.15, -0.1) is 0 Å². The molecule has 0 saturated heterocycles. The van der Waals surface area contributed by atoms with E-state index < -0.39 is 0 Å². The summed E-state index contributed by atoms with van der Waals surface area (Å²) in [5.74, 6) is 0.378. The smallest absolute Gasteiger partial charge is 0.337 e. The Labute approximate surface area is 106 Å². The van der Waals surface area contributed by atoms with Crippen LogP contribution < -0.4 is 4.74 Å². The molecule has 2 rings (SSSR count). The van der Waals surface area contributed by atoms with Gasteiger partial charge in [-0.2, -0.15) is 0 Å². The summed E-state index contributed by atoms with van der Waals surface area (Å²) >= 11 is 0. The fourth-order valence-corrected chi connectivity index (χ4v) is 1.80. The van der Waals surface area contributed by atoms with Gasteiger partial charge in [0.25, 0.3) is 0 Å². The van der Waals surface area contributed by atoms with Crippen LogP contribution in [0.2, 0.25) is 0 Å². The van der Waals surface area contributed by atoms with Crippen molar-refractivity contribution in [2.45, 2.75) is 0 Å². The van der Waals surface area contributed by atoms with Gasteiger partial charge in [0.15, 0.2) is 0 Å². The summed E-state index contributed by atoms with van der Waals surface area (Å²) in [7, 11) is 2.98. The molecule has 0 radical (unpaired) electrons. The molecular formula is C15H14O3. The Bertz CT molecular complexity index is 547. The normalized spacial score (nSPS) is 9.89. The van der Waals surface area contributed by atoms with Crippen molar-refractivity contribution in [1.82, 2.24) is 0 Å². The largest absolute Gasteiger partial charge is 0.496 e. The van der Waals surface area contributed by atoms with E-state index in [-0.39, 0.29) is 5.97 Å². The molecule has 3 heteroatoms. The minimum atomic E-state index is -0.352. The molecule has 92 valence electrons. The van der Waals surface area contributed by atoms with Crippen molar-refractivity contribution in [1.29, 1.82) is 0 Å². The van der Waals surface area contributed by atoms with Gasteiger partial charge in [0.1, 0.15) is 5.75 Å². The molecule has 0 spiro atoms. The fourth-order valence-electron chi connectivity index (χ4n) is 1.80. The van der Waals surface area contributed by atoms with Crippen LogP contribution in [-0.4, -0.2) is 20.2 Å². The summed E-state index contributed by atoms with van der Waals surface area (Å²) in [6, 6.07) is 15.0. The number of ether oxygens (including phenoxy) is 2. The van der Waals surface area contributed by atoms with Crippen LogP contribution in [0.5, 0.6) is 5.75 Å². The van der Waals surface area contributed by atoms with Crippen molar-refractivity contribution in [2.24, 2.45) is 0 Å². The van der Waals surface area contributed by atoms with Crippen LogP contribution in [0.25, 0.3) is 11.1 Å². The average molecular weight is 242 g/mol. The van der Waals surface area contributed by atoms with Crippen LogP contribution in [0.1, 0.15) is 10.4 Å². The van der Waals surface area contributed by atoms with Gasteiger partial charge in [-0.1, -0.05) is 30.3 Å². The lowest BCUT2D eigenvalue weighted by Crippen LogP contribution is -2.01. The number of carbonyl (C=O) groups excluding carboxylic acids is 1. The third-order valence-electron chi connectivity index (χ3n) is 2.71. The maximum absolute atomic E-state index is 11.5. The lowest BCUT2D eigenvalue weighted by atomic mass is 10.0. The van der Waals surface area contributed by atoms with Crippen LogP contribution >= 0.6 is 0 Å². The Morgan fingerprint density at radius 3 is 2.33 bits per heavy atom. The molecule has 0 amide bonds.